The normalized spacial score (nSPS) is 12.0. The molecule has 0 aliphatic carbocycles. The molecule has 6 nitrogen and oxygen atoms in total. The number of hydrogen-bond donors (Lipinski definition) is 1. The summed E-state index contributed by atoms with van der Waals surface area (Å²) in [4.78, 5) is 17.3. The van der Waals surface area contributed by atoms with Gasteiger partial charge in [-0.1, -0.05) is 31.4 Å². The van der Waals surface area contributed by atoms with E-state index in [9.17, 15) is 4.79 Å². The maximum atomic E-state index is 12.8. The zero-order valence-corrected chi connectivity index (χ0v) is 18.4. The molecule has 1 atom stereocenters. The minimum atomic E-state index is -0.242. The molecule has 0 saturated carbocycles. The van der Waals surface area contributed by atoms with E-state index in [-0.39, 0.29) is 18.2 Å². The first-order valence-electron chi connectivity index (χ1n) is 10.2. The molecular weight excluding hydrogens is 402 g/mol. The van der Waals surface area contributed by atoms with Gasteiger partial charge in [-0.3, -0.25) is 4.79 Å². The Labute approximate surface area is 182 Å². The van der Waals surface area contributed by atoms with E-state index in [2.05, 4.69) is 17.2 Å². The zero-order valence-electron chi connectivity index (χ0n) is 17.7. The van der Waals surface area contributed by atoms with Gasteiger partial charge >= 0.3 is 0 Å². The zero-order chi connectivity index (χ0) is 21.5. The van der Waals surface area contributed by atoms with E-state index in [4.69, 9.17) is 21.1 Å². The number of carbonyl (C=O) groups is 1. The van der Waals surface area contributed by atoms with Gasteiger partial charge in [0.25, 0.3) is 0 Å². The largest absolute Gasteiger partial charge is 0.497 e. The van der Waals surface area contributed by atoms with Gasteiger partial charge in [0.2, 0.25) is 5.91 Å². The Morgan fingerprint density at radius 2 is 1.90 bits per heavy atom. The van der Waals surface area contributed by atoms with Crippen LogP contribution in [0.3, 0.4) is 0 Å². The van der Waals surface area contributed by atoms with E-state index < -0.39 is 0 Å². The van der Waals surface area contributed by atoms with Gasteiger partial charge in [0.05, 0.1) is 24.9 Å². The highest BCUT2D eigenvalue weighted by atomic mass is 35.5. The molecule has 160 valence electrons. The molecule has 3 rings (SSSR count). The van der Waals surface area contributed by atoms with Crippen LogP contribution in [0.2, 0.25) is 5.02 Å². The summed E-state index contributed by atoms with van der Waals surface area (Å²) < 4.78 is 12.8. The van der Waals surface area contributed by atoms with E-state index in [1.807, 2.05) is 34.9 Å². The monoisotopic (exact) mass is 429 g/mol. The van der Waals surface area contributed by atoms with Gasteiger partial charge in [0.15, 0.2) is 0 Å². The SMILES string of the molecule is CCCCCNC(=O)CC(c1cc(OC)cc(OC)c1)c1cnc2ccc(Cl)cn12. The van der Waals surface area contributed by atoms with Gasteiger partial charge in [-0.05, 0) is 36.2 Å². The van der Waals surface area contributed by atoms with Crippen molar-refractivity contribution < 1.29 is 14.3 Å². The first kappa shape index (κ1) is 22.0. The molecule has 30 heavy (non-hydrogen) atoms. The van der Waals surface area contributed by atoms with Crippen LogP contribution in [0.1, 0.15) is 49.8 Å². The van der Waals surface area contributed by atoms with Crippen molar-refractivity contribution in [2.75, 3.05) is 20.8 Å². The van der Waals surface area contributed by atoms with Crippen LogP contribution in [0.25, 0.3) is 5.65 Å². The van der Waals surface area contributed by atoms with Crippen molar-refractivity contribution in [2.45, 2.75) is 38.5 Å². The third-order valence-corrected chi connectivity index (χ3v) is 5.35. The Balaban J connectivity index is 1.98. The Bertz CT molecular complexity index is 980. The Morgan fingerprint density at radius 3 is 2.57 bits per heavy atom. The second-order valence-electron chi connectivity index (χ2n) is 7.22. The van der Waals surface area contributed by atoms with Crippen molar-refractivity contribution in [1.82, 2.24) is 14.7 Å². The van der Waals surface area contributed by atoms with Crippen LogP contribution < -0.4 is 14.8 Å². The number of benzene rings is 1. The average Bonchev–Trinajstić information content (AvgIpc) is 3.17. The summed E-state index contributed by atoms with van der Waals surface area (Å²) >= 11 is 6.23. The standard InChI is InChI=1S/C23H28ClN3O3/c1-4-5-6-9-25-23(28)13-20(16-10-18(29-2)12-19(11-16)30-3)21-14-26-22-8-7-17(24)15-27(21)22/h7-8,10-12,14-15,20H,4-6,9,13H2,1-3H3,(H,25,28). The summed E-state index contributed by atoms with van der Waals surface area (Å²) in [6.45, 7) is 2.82. The lowest BCUT2D eigenvalue weighted by Crippen LogP contribution is -2.26. The number of nitrogens with one attached hydrogen (secondary N) is 1. The summed E-state index contributed by atoms with van der Waals surface area (Å²) in [6, 6.07) is 9.34. The molecule has 2 heterocycles. The van der Waals surface area contributed by atoms with Crippen LogP contribution >= 0.6 is 11.6 Å². The molecule has 0 aliphatic heterocycles. The third kappa shape index (κ3) is 5.25. The van der Waals surface area contributed by atoms with E-state index in [1.165, 1.54) is 0 Å². The predicted molar refractivity (Wildman–Crippen MR) is 119 cm³/mol. The lowest BCUT2D eigenvalue weighted by molar-refractivity contribution is -0.121. The third-order valence-electron chi connectivity index (χ3n) is 5.12. The van der Waals surface area contributed by atoms with Crippen LogP contribution in [0.4, 0.5) is 0 Å². The second kappa shape index (κ2) is 10.3. The van der Waals surface area contributed by atoms with Crippen molar-refractivity contribution in [3.05, 3.63) is 59.0 Å². The van der Waals surface area contributed by atoms with Gasteiger partial charge in [-0.2, -0.15) is 0 Å². The fourth-order valence-electron chi connectivity index (χ4n) is 3.52. The Kier molecular flexibility index (Phi) is 7.57. The predicted octanol–water partition coefficient (Wildman–Crippen LogP) is 4.83. The number of nitrogens with zero attached hydrogens (tertiary/aromatic N) is 2. The summed E-state index contributed by atoms with van der Waals surface area (Å²) in [5.74, 6) is 1.10. The van der Waals surface area contributed by atoms with Crippen molar-refractivity contribution in [2.24, 2.45) is 0 Å². The molecule has 0 spiro atoms. The maximum Gasteiger partial charge on any atom is 0.221 e. The van der Waals surface area contributed by atoms with Crippen molar-refractivity contribution in [3.8, 4) is 11.5 Å². The molecule has 0 radical (unpaired) electrons. The molecule has 1 unspecified atom stereocenters. The highest BCUT2D eigenvalue weighted by molar-refractivity contribution is 6.30. The van der Waals surface area contributed by atoms with Crippen LogP contribution in [-0.4, -0.2) is 36.1 Å². The lowest BCUT2D eigenvalue weighted by Gasteiger charge is -2.19. The number of amides is 1. The van der Waals surface area contributed by atoms with Crippen molar-refractivity contribution in [1.29, 1.82) is 0 Å². The average molecular weight is 430 g/mol. The first-order chi connectivity index (χ1) is 14.5. The van der Waals surface area contributed by atoms with Gasteiger partial charge in [0, 0.05) is 37.3 Å². The topological polar surface area (TPSA) is 64.9 Å². The number of rotatable bonds is 10. The molecule has 3 aromatic rings. The minimum Gasteiger partial charge on any atom is -0.497 e. The summed E-state index contributed by atoms with van der Waals surface area (Å²) in [7, 11) is 3.23. The van der Waals surface area contributed by atoms with Crippen LogP contribution in [-0.2, 0) is 4.79 Å². The molecule has 0 fully saturated rings. The van der Waals surface area contributed by atoms with Gasteiger partial charge in [-0.25, -0.2) is 4.98 Å². The van der Waals surface area contributed by atoms with E-state index in [0.717, 1.165) is 36.2 Å². The number of fused-ring (bicyclic) bond motifs is 1. The molecule has 0 saturated heterocycles. The maximum absolute atomic E-state index is 12.8. The van der Waals surface area contributed by atoms with Crippen LogP contribution in [0.15, 0.2) is 42.7 Å². The number of imidazole rings is 1. The van der Waals surface area contributed by atoms with E-state index in [1.54, 1.807) is 26.5 Å². The van der Waals surface area contributed by atoms with Crippen molar-refractivity contribution >= 4 is 23.2 Å². The minimum absolute atomic E-state index is 0.00475. The summed E-state index contributed by atoms with van der Waals surface area (Å²) in [5.41, 5.74) is 2.57. The fourth-order valence-corrected chi connectivity index (χ4v) is 3.68. The molecule has 1 N–H and O–H groups in total. The highest BCUT2D eigenvalue weighted by Crippen LogP contribution is 2.34. The number of ether oxygens (including phenoxy) is 2. The second-order valence-corrected chi connectivity index (χ2v) is 7.65. The summed E-state index contributed by atoms with van der Waals surface area (Å²) in [5, 5.41) is 3.64. The smallest absolute Gasteiger partial charge is 0.221 e. The number of methoxy groups -OCH3 is 2. The first-order valence-corrected chi connectivity index (χ1v) is 10.6. The quantitative estimate of drug-likeness (QED) is 0.468. The lowest BCUT2D eigenvalue weighted by atomic mass is 9.91. The molecule has 0 bridgehead atoms. The summed E-state index contributed by atoms with van der Waals surface area (Å²) in [6.07, 6.45) is 7.09. The Morgan fingerprint density at radius 1 is 1.17 bits per heavy atom. The molecule has 1 aromatic carbocycles. The number of unbranched alkanes of at least 4 members (excludes halogenated alkanes) is 2. The number of aromatic nitrogens is 2. The van der Waals surface area contributed by atoms with Crippen LogP contribution in [0.5, 0.6) is 11.5 Å². The molecule has 7 heteroatoms. The van der Waals surface area contributed by atoms with E-state index in [0.29, 0.717) is 23.1 Å². The van der Waals surface area contributed by atoms with Crippen molar-refractivity contribution in [3.63, 3.8) is 0 Å². The highest BCUT2D eigenvalue weighted by Gasteiger charge is 2.23. The number of carbonyl (C=O) groups excluding carboxylic acids is 1. The molecule has 0 aliphatic rings. The number of hydrogen-bond acceptors (Lipinski definition) is 4. The molecular formula is C23H28ClN3O3. The van der Waals surface area contributed by atoms with Gasteiger partial charge < -0.3 is 19.2 Å². The number of pyridine rings is 1. The molecule has 1 amide bonds. The fraction of sp³-hybridized carbons (Fsp3) is 0.391. The Hall–Kier alpha value is -2.73. The molecule has 2 aromatic heterocycles. The van der Waals surface area contributed by atoms with Gasteiger partial charge in [-0.15, -0.1) is 0 Å². The number of halogens is 1. The van der Waals surface area contributed by atoms with E-state index >= 15 is 0 Å². The van der Waals surface area contributed by atoms with Gasteiger partial charge in [0.1, 0.15) is 17.1 Å². The van der Waals surface area contributed by atoms with Crippen LogP contribution in [0, 0.1) is 0 Å².